The molecule has 7 nitrogen and oxygen atoms in total. The van der Waals surface area contributed by atoms with E-state index in [1.807, 2.05) is 13.2 Å². The molecule has 1 fully saturated rings. The Kier molecular flexibility index (Phi) is 4.54. The molecule has 0 amide bonds. The lowest BCUT2D eigenvalue weighted by Gasteiger charge is -2.35. The molecular weight excluding hydrogens is 280 g/mol. The first-order chi connectivity index (χ1) is 10.6. The first-order valence-corrected chi connectivity index (χ1v) is 7.87. The van der Waals surface area contributed by atoms with E-state index in [1.54, 1.807) is 11.0 Å². The van der Waals surface area contributed by atoms with Gasteiger partial charge in [0.1, 0.15) is 12.1 Å². The number of aromatic nitrogens is 4. The van der Waals surface area contributed by atoms with E-state index in [4.69, 9.17) is 4.74 Å². The van der Waals surface area contributed by atoms with Crippen molar-refractivity contribution in [3.63, 3.8) is 0 Å². The summed E-state index contributed by atoms with van der Waals surface area (Å²) in [5.74, 6) is 0.996. The zero-order valence-corrected chi connectivity index (χ0v) is 13.6. The van der Waals surface area contributed by atoms with E-state index < -0.39 is 0 Å². The van der Waals surface area contributed by atoms with Crippen LogP contribution < -0.4 is 4.90 Å². The van der Waals surface area contributed by atoms with Crippen LogP contribution in [0.4, 0.5) is 5.82 Å². The SMILES string of the molecule is CC(C)OCCN1CCN(c2ncnc3c2cnn3C)CC1. The molecule has 2 aromatic heterocycles. The molecule has 3 rings (SSSR count). The van der Waals surface area contributed by atoms with Gasteiger partial charge in [0, 0.05) is 39.8 Å². The summed E-state index contributed by atoms with van der Waals surface area (Å²) in [6.45, 7) is 9.97. The van der Waals surface area contributed by atoms with Crippen LogP contribution in [-0.4, -0.2) is 70.1 Å². The van der Waals surface area contributed by atoms with Crippen LogP contribution in [0.2, 0.25) is 0 Å². The topological polar surface area (TPSA) is 59.3 Å². The lowest BCUT2D eigenvalue weighted by Crippen LogP contribution is -2.47. The summed E-state index contributed by atoms with van der Waals surface area (Å²) >= 11 is 0. The van der Waals surface area contributed by atoms with Gasteiger partial charge in [-0.2, -0.15) is 5.10 Å². The maximum atomic E-state index is 5.63. The van der Waals surface area contributed by atoms with E-state index in [2.05, 4.69) is 38.7 Å². The fraction of sp³-hybridized carbons (Fsp3) is 0.667. The number of hydrogen-bond donors (Lipinski definition) is 0. The minimum Gasteiger partial charge on any atom is -0.377 e. The molecular formula is C15H24N6O. The lowest BCUT2D eigenvalue weighted by molar-refractivity contribution is 0.0579. The fourth-order valence-electron chi connectivity index (χ4n) is 2.80. The van der Waals surface area contributed by atoms with Crippen molar-refractivity contribution in [3.05, 3.63) is 12.5 Å². The molecule has 0 bridgehead atoms. The Morgan fingerprint density at radius 1 is 1.18 bits per heavy atom. The normalized spacial score (nSPS) is 16.8. The average molecular weight is 304 g/mol. The fourth-order valence-corrected chi connectivity index (χ4v) is 2.80. The van der Waals surface area contributed by atoms with Gasteiger partial charge in [-0.1, -0.05) is 0 Å². The molecule has 0 aliphatic carbocycles. The summed E-state index contributed by atoms with van der Waals surface area (Å²) < 4.78 is 7.42. The van der Waals surface area contributed by atoms with Gasteiger partial charge >= 0.3 is 0 Å². The summed E-state index contributed by atoms with van der Waals surface area (Å²) in [7, 11) is 1.91. The number of aryl methyl sites for hydroxylation is 1. The molecule has 1 saturated heterocycles. The molecule has 7 heteroatoms. The molecule has 0 spiro atoms. The van der Waals surface area contributed by atoms with Crippen LogP contribution in [0.5, 0.6) is 0 Å². The van der Waals surface area contributed by atoms with Crippen molar-refractivity contribution in [1.82, 2.24) is 24.6 Å². The molecule has 0 aromatic carbocycles. The van der Waals surface area contributed by atoms with Gasteiger partial charge in [0.15, 0.2) is 5.65 Å². The summed E-state index contributed by atoms with van der Waals surface area (Å²) in [4.78, 5) is 13.5. The van der Waals surface area contributed by atoms with Crippen LogP contribution in [0.25, 0.3) is 11.0 Å². The standard InChI is InChI=1S/C15H24N6O/c1-12(2)22-9-8-20-4-6-21(7-5-20)15-13-10-18-19(3)14(13)16-11-17-15/h10-12H,4-9H2,1-3H3. The van der Waals surface area contributed by atoms with E-state index in [9.17, 15) is 0 Å². The highest BCUT2D eigenvalue weighted by atomic mass is 16.5. The first-order valence-electron chi connectivity index (χ1n) is 7.87. The summed E-state index contributed by atoms with van der Waals surface area (Å²) in [5.41, 5.74) is 0.887. The molecule has 1 aliphatic heterocycles. The Hall–Kier alpha value is -1.73. The Bertz CT molecular complexity index is 618. The van der Waals surface area contributed by atoms with E-state index in [1.165, 1.54) is 0 Å². The van der Waals surface area contributed by atoms with E-state index in [0.29, 0.717) is 6.10 Å². The molecule has 0 N–H and O–H groups in total. The Balaban J connectivity index is 1.61. The van der Waals surface area contributed by atoms with Crippen molar-refractivity contribution in [2.45, 2.75) is 20.0 Å². The van der Waals surface area contributed by atoms with Gasteiger partial charge in [-0.3, -0.25) is 9.58 Å². The van der Waals surface area contributed by atoms with Gasteiger partial charge in [0.25, 0.3) is 0 Å². The minimum atomic E-state index is 0.307. The summed E-state index contributed by atoms with van der Waals surface area (Å²) in [6.07, 6.45) is 3.79. The van der Waals surface area contributed by atoms with Crippen molar-refractivity contribution in [1.29, 1.82) is 0 Å². The molecule has 1 aliphatic rings. The largest absolute Gasteiger partial charge is 0.377 e. The minimum absolute atomic E-state index is 0.307. The van der Waals surface area contributed by atoms with Crippen molar-refractivity contribution in [2.75, 3.05) is 44.2 Å². The number of anilines is 1. The van der Waals surface area contributed by atoms with Crippen molar-refractivity contribution < 1.29 is 4.74 Å². The smallest absolute Gasteiger partial charge is 0.163 e. The highest BCUT2D eigenvalue weighted by Crippen LogP contribution is 2.23. The molecule has 0 saturated carbocycles. The van der Waals surface area contributed by atoms with Crippen LogP contribution in [0, 0.1) is 0 Å². The molecule has 3 heterocycles. The summed E-state index contributed by atoms with van der Waals surface area (Å²) in [6, 6.07) is 0. The zero-order valence-electron chi connectivity index (χ0n) is 13.6. The number of piperazine rings is 1. The van der Waals surface area contributed by atoms with Gasteiger partial charge in [0.05, 0.1) is 24.3 Å². The monoisotopic (exact) mass is 304 g/mol. The van der Waals surface area contributed by atoms with Gasteiger partial charge in [-0.25, -0.2) is 9.97 Å². The van der Waals surface area contributed by atoms with Crippen molar-refractivity contribution in [2.24, 2.45) is 7.05 Å². The molecule has 0 atom stereocenters. The maximum Gasteiger partial charge on any atom is 0.163 e. The van der Waals surface area contributed by atoms with Gasteiger partial charge in [0.2, 0.25) is 0 Å². The van der Waals surface area contributed by atoms with Gasteiger partial charge in [-0.05, 0) is 13.8 Å². The first kappa shape index (κ1) is 15.2. The Morgan fingerprint density at radius 2 is 1.95 bits per heavy atom. The second kappa shape index (κ2) is 6.58. The number of nitrogens with zero attached hydrogens (tertiary/aromatic N) is 6. The molecule has 120 valence electrons. The molecule has 0 unspecified atom stereocenters. The highest BCUT2D eigenvalue weighted by molar-refractivity contribution is 5.86. The third-order valence-electron chi connectivity index (χ3n) is 4.04. The number of ether oxygens (including phenoxy) is 1. The number of rotatable bonds is 5. The predicted octanol–water partition coefficient (Wildman–Crippen LogP) is 0.910. The molecule has 22 heavy (non-hydrogen) atoms. The lowest BCUT2D eigenvalue weighted by atomic mass is 10.3. The van der Waals surface area contributed by atoms with E-state index in [0.717, 1.165) is 56.2 Å². The highest BCUT2D eigenvalue weighted by Gasteiger charge is 2.20. The van der Waals surface area contributed by atoms with E-state index >= 15 is 0 Å². The number of fused-ring (bicyclic) bond motifs is 1. The third kappa shape index (κ3) is 3.20. The van der Waals surface area contributed by atoms with Crippen molar-refractivity contribution >= 4 is 16.9 Å². The summed E-state index contributed by atoms with van der Waals surface area (Å²) in [5, 5.41) is 5.31. The zero-order chi connectivity index (χ0) is 15.5. The van der Waals surface area contributed by atoms with Crippen molar-refractivity contribution in [3.8, 4) is 0 Å². The van der Waals surface area contributed by atoms with Crippen LogP contribution in [0.3, 0.4) is 0 Å². The quantitative estimate of drug-likeness (QED) is 0.818. The van der Waals surface area contributed by atoms with Crippen LogP contribution >= 0.6 is 0 Å². The average Bonchev–Trinajstić information content (AvgIpc) is 2.89. The van der Waals surface area contributed by atoms with Crippen LogP contribution in [0.1, 0.15) is 13.8 Å². The molecule has 0 radical (unpaired) electrons. The second-order valence-corrected chi connectivity index (χ2v) is 5.95. The van der Waals surface area contributed by atoms with E-state index in [-0.39, 0.29) is 0 Å². The Morgan fingerprint density at radius 3 is 2.68 bits per heavy atom. The maximum absolute atomic E-state index is 5.63. The van der Waals surface area contributed by atoms with Gasteiger partial charge in [-0.15, -0.1) is 0 Å². The van der Waals surface area contributed by atoms with Crippen LogP contribution in [-0.2, 0) is 11.8 Å². The van der Waals surface area contributed by atoms with Gasteiger partial charge < -0.3 is 9.64 Å². The second-order valence-electron chi connectivity index (χ2n) is 5.95. The third-order valence-corrected chi connectivity index (χ3v) is 4.04. The Labute approximate surface area is 130 Å². The predicted molar refractivity (Wildman–Crippen MR) is 86.0 cm³/mol. The molecule has 2 aromatic rings. The number of hydrogen-bond acceptors (Lipinski definition) is 6. The van der Waals surface area contributed by atoms with Crippen LogP contribution in [0.15, 0.2) is 12.5 Å².